The van der Waals surface area contributed by atoms with Gasteiger partial charge in [-0.15, -0.1) is 0 Å². The number of hydrogen-bond donors (Lipinski definition) is 0. The van der Waals surface area contributed by atoms with Gasteiger partial charge in [-0.25, -0.2) is 8.42 Å². The maximum absolute atomic E-state index is 13.7. The summed E-state index contributed by atoms with van der Waals surface area (Å²) in [7, 11) is -8.02. The van der Waals surface area contributed by atoms with Crippen LogP contribution in [-0.2, 0) is 23.4 Å². The molecule has 0 bridgehead atoms. The van der Waals surface area contributed by atoms with Crippen LogP contribution >= 0.6 is 7.60 Å². The van der Waals surface area contributed by atoms with Gasteiger partial charge in [0.2, 0.25) is 0 Å². The Hall–Kier alpha value is -1.28. The highest BCUT2D eigenvalue weighted by atomic mass is 32.2. The van der Waals surface area contributed by atoms with Crippen molar-refractivity contribution in [1.29, 1.82) is 0 Å². The van der Waals surface area contributed by atoms with Crippen LogP contribution in [0.1, 0.15) is 78.6 Å². The lowest BCUT2D eigenvalue weighted by molar-refractivity contribution is -0.546. The molecule has 32 heavy (non-hydrogen) atoms. The number of benzene rings is 1. The minimum Gasteiger partial charge on any atom is -0.304 e. The first kappa shape index (κ1) is 28.8. The Morgan fingerprint density at radius 1 is 0.906 bits per heavy atom. The topological polar surface area (TPSA) is 113 Å². The van der Waals surface area contributed by atoms with Gasteiger partial charge in [0.05, 0.1) is 23.9 Å². The molecule has 0 N–H and O–H groups in total. The van der Waals surface area contributed by atoms with Gasteiger partial charge in [-0.05, 0) is 32.4 Å². The summed E-state index contributed by atoms with van der Waals surface area (Å²) in [6.07, 6.45) is 6.04. The van der Waals surface area contributed by atoms with Gasteiger partial charge in [-0.3, -0.25) is 14.7 Å². The van der Waals surface area contributed by atoms with Crippen LogP contribution < -0.4 is 0 Å². The third kappa shape index (κ3) is 7.94. The monoisotopic (exact) mass is 491 g/mol. The lowest BCUT2D eigenvalue weighted by Gasteiger charge is -2.31. The zero-order chi connectivity index (χ0) is 24.1. The van der Waals surface area contributed by atoms with Crippen molar-refractivity contribution >= 4 is 17.4 Å². The van der Waals surface area contributed by atoms with E-state index in [1.807, 2.05) is 0 Å². The molecule has 0 amide bonds. The zero-order valence-corrected chi connectivity index (χ0v) is 21.2. The van der Waals surface area contributed by atoms with E-state index in [1.54, 1.807) is 32.0 Å². The molecule has 0 radical (unpaired) electrons. The summed E-state index contributed by atoms with van der Waals surface area (Å²) in [6.45, 7) is 5.24. The van der Waals surface area contributed by atoms with Crippen molar-refractivity contribution in [3.8, 4) is 0 Å². The van der Waals surface area contributed by atoms with Crippen molar-refractivity contribution in [2.75, 3.05) is 19.0 Å². The molecule has 0 heterocycles. The summed E-state index contributed by atoms with van der Waals surface area (Å²) in [5, 5.41) is 10.2. The van der Waals surface area contributed by atoms with Gasteiger partial charge in [0.25, 0.3) is 0 Å². The SMILES string of the molecule is CCCCCCCCC[C@@](CCS(=O)(=O)c1ccccc1)([N+](=O)[O-])P(=O)(OCC)OCC. The average molecular weight is 492 g/mol. The Balaban J connectivity index is 3.13. The van der Waals surface area contributed by atoms with Crippen LogP contribution in [0.25, 0.3) is 0 Å². The van der Waals surface area contributed by atoms with Crippen LogP contribution in [0.5, 0.6) is 0 Å². The Bertz CT molecular complexity index is 822. The summed E-state index contributed by atoms with van der Waals surface area (Å²) in [4.78, 5) is 11.8. The predicted octanol–water partition coefficient (Wildman–Crippen LogP) is 6.23. The molecule has 8 nitrogen and oxygen atoms in total. The van der Waals surface area contributed by atoms with Crippen molar-refractivity contribution < 1.29 is 27.0 Å². The summed E-state index contributed by atoms with van der Waals surface area (Å²) >= 11 is 0. The quantitative estimate of drug-likeness (QED) is 0.103. The molecular formula is C22H38NO7PS. The first-order valence-electron chi connectivity index (χ1n) is 11.5. The van der Waals surface area contributed by atoms with Crippen LogP contribution in [0.2, 0.25) is 0 Å². The third-order valence-electron chi connectivity index (χ3n) is 5.50. The largest absolute Gasteiger partial charge is 0.406 e. The molecule has 0 aliphatic heterocycles. The van der Waals surface area contributed by atoms with Gasteiger partial charge in [-0.2, -0.15) is 0 Å². The molecule has 1 aromatic rings. The van der Waals surface area contributed by atoms with E-state index in [9.17, 15) is 23.1 Å². The number of nitro groups is 1. The fraction of sp³-hybridized carbons (Fsp3) is 0.727. The zero-order valence-electron chi connectivity index (χ0n) is 19.5. The molecule has 0 fully saturated rings. The summed E-state index contributed by atoms with van der Waals surface area (Å²) in [5.41, 5.74) is 0. The van der Waals surface area contributed by atoms with Gasteiger partial charge in [-0.1, -0.05) is 63.6 Å². The van der Waals surface area contributed by atoms with Crippen LogP contribution in [-0.4, -0.2) is 37.6 Å². The normalized spacial score (nSPS) is 14.2. The number of unbranched alkanes of at least 4 members (excludes halogenated alkanes) is 6. The standard InChI is InChI=1S/C22H38NO7PS/c1-4-7-8-9-10-11-15-18-22(23(24)25,31(26,29-5-2)30-6-3)19-20-32(27,28)21-16-13-12-14-17-21/h12-14,16-17H,4-11,15,18-20H2,1-3H3/t22-/m1/s1. The van der Waals surface area contributed by atoms with Gasteiger partial charge in [0.15, 0.2) is 9.84 Å². The van der Waals surface area contributed by atoms with E-state index in [0.717, 1.165) is 38.5 Å². The van der Waals surface area contributed by atoms with Crippen molar-refractivity contribution in [1.82, 2.24) is 0 Å². The molecule has 10 heteroatoms. The highest BCUT2D eigenvalue weighted by molar-refractivity contribution is 7.91. The van der Waals surface area contributed by atoms with E-state index < -0.39 is 39.8 Å². The number of nitrogens with zero attached hydrogens (tertiary/aromatic N) is 1. The van der Waals surface area contributed by atoms with Gasteiger partial charge < -0.3 is 9.05 Å². The van der Waals surface area contributed by atoms with Gasteiger partial charge in [0, 0.05) is 17.8 Å². The summed E-state index contributed by atoms with van der Waals surface area (Å²) < 4.78 is 50.1. The fourth-order valence-electron chi connectivity index (χ4n) is 3.71. The third-order valence-corrected chi connectivity index (χ3v) is 10.1. The number of sulfone groups is 1. The second-order valence-corrected chi connectivity index (χ2v) is 12.3. The maximum Gasteiger partial charge on any atom is 0.406 e. The van der Waals surface area contributed by atoms with Crippen LogP contribution in [0.15, 0.2) is 35.2 Å². The molecule has 1 aromatic carbocycles. The number of hydrogen-bond acceptors (Lipinski definition) is 7. The maximum atomic E-state index is 13.7. The number of rotatable bonds is 18. The van der Waals surface area contributed by atoms with Gasteiger partial charge in [0.1, 0.15) is 0 Å². The summed E-state index contributed by atoms with van der Waals surface area (Å²) in [5.74, 6) is -0.515. The van der Waals surface area contributed by atoms with Crippen molar-refractivity contribution in [3.63, 3.8) is 0 Å². The van der Waals surface area contributed by atoms with Crippen molar-refractivity contribution in [2.45, 2.75) is 88.7 Å². The molecule has 1 rings (SSSR count). The Labute approximate surface area is 192 Å². The first-order valence-corrected chi connectivity index (χ1v) is 14.7. The Kier molecular flexibility index (Phi) is 12.7. The summed E-state index contributed by atoms with van der Waals surface area (Å²) in [6, 6.07) is 7.78. The molecule has 0 spiro atoms. The van der Waals surface area contributed by atoms with E-state index in [0.29, 0.717) is 6.42 Å². The highest BCUT2D eigenvalue weighted by Gasteiger charge is 2.61. The van der Waals surface area contributed by atoms with E-state index in [1.165, 1.54) is 12.1 Å². The van der Waals surface area contributed by atoms with E-state index in [4.69, 9.17) is 9.05 Å². The highest BCUT2D eigenvalue weighted by Crippen LogP contribution is 2.63. The average Bonchev–Trinajstić information content (AvgIpc) is 2.76. The first-order chi connectivity index (χ1) is 15.2. The molecule has 0 saturated heterocycles. The Morgan fingerprint density at radius 2 is 1.44 bits per heavy atom. The second-order valence-electron chi connectivity index (χ2n) is 7.83. The fourth-order valence-corrected chi connectivity index (χ4v) is 7.53. The molecule has 0 aliphatic rings. The van der Waals surface area contributed by atoms with Crippen molar-refractivity contribution in [3.05, 3.63) is 40.4 Å². The second kappa shape index (κ2) is 14.1. The molecule has 184 valence electrons. The molecule has 0 aromatic heterocycles. The minimum absolute atomic E-state index is 0.0324. The molecule has 0 saturated carbocycles. The predicted molar refractivity (Wildman–Crippen MR) is 126 cm³/mol. The van der Waals surface area contributed by atoms with Crippen LogP contribution in [0.4, 0.5) is 0 Å². The minimum atomic E-state index is -4.22. The Morgan fingerprint density at radius 3 is 1.94 bits per heavy atom. The smallest absolute Gasteiger partial charge is 0.304 e. The molecule has 1 atom stereocenters. The van der Waals surface area contributed by atoms with Crippen molar-refractivity contribution in [2.24, 2.45) is 0 Å². The molecule has 0 aliphatic carbocycles. The molecular weight excluding hydrogens is 453 g/mol. The molecule has 0 unspecified atom stereocenters. The van der Waals surface area contributed by atoms with Crippen LogP contribution in [0, 0.1) is 10.1 Å². The van der Waals surface area contributed by atoms with Crippen LogP contribution in [0.3, 0.4) is 0 Å². The van der Waals surface area contributed by atoms with Gasteiger partial charge >= 0.3 is 12.9 Å². The van der Waals surface area contributed by atoms with E-state index >= 15 is 0 Å². The van der Waals surface area contributed by atoms with E-state index in [-0.39, 0.29) is 24.5 Å². The lowest BCUT2D eigenvalue weighted by atomic mass is 10.0. The lowest BCUT2D eigenvalue weighted by Crippen LogP contribution is -2.41. The van der Waals surface area contributed by atoms with E-state index in [2.05, 4.69) is 6.92 Å².